The summed E-state index contributed by atoms with van der Waals surface area (Å²) >= 11 is 5.16. The van der Waals surface area contributed by atoms with E-state index in [9.17, 15) is 4.79 Å². The maximum absolute atomic E-state index is 11.6. The molecule has 0 bridgehead atoms. The molecule has 1 rings (SSSR count). The van der Waals surface area contributed by atoms with Crippen molar-refractivity contribution < 1.29 is 4.79 Å². The molecule has 0 saturated heterocycles. The number of rotatable bonds is 5. The lowest BCUT2D eigenvalue weighted by Crippen LogP contribution is -2.42. The Hall–Kier alpha value is -0.390. The fraction of sp³-hybridized carbons (Fsp3) is 0.583. The highest BCUT2D eigenvalue weighted by molar-refractivity contribution is 9.10. The summed E-state index contributed by atoms with van der Waals surface area (Å²) in [6.07, 6.45) is 0. The molecule has 0 saturated carbocycles. The number of halogens is 1. The van der Waals surface area contributed by atoms with Crippen molar-refractivity contribution in [2.45, 2.75) is 26.8 Å². The van der Waals surface area contributed by atoms with Gasteiger partial charge in [0.25, 0.3) is 0 Å². The molecule has 17 heavy (non-hydrogen) atoms. The van der Waals surface area contributed by atoms with Crippen LogP contribution >= 0.6 is 27.3 Å². The summed E-state index contributed by atoms with van der Waals surface area (Å²) < 4.78 is 1.11. The van der Waals surface area contributed by atoms with Gasteiger partial charge >= 0.3 is 0 Å². The van der Waals surface area contributed by atoms with E-state index in [1.165, 1.54) is 4.88 Å². The first-order valence-corrected chi connectivity index (χ1v) is 7.23. The Morgan fingerprint density at radius 1 is 1.59 bits per heavy atom. The standard InChI is InChI=1S/C12H19BrN2OS/c1-8(10-5-9(13)6-17-10)15-7-12(2,3)11(16)14-4/h5-6,8,15H,7H2,1-4H3,(H,14,16). The Labute approximate surface area is 115 Å². The van der Waals surface area contributed by atoms with Crippen LogP contribution in [-0.4, -0.2) is 19.5 Å². The van der Waals surface area contributed by atoms with Crippen LogP contribution in [0.25, 0.3) is 0 Å². The van der Waals surface area contributed by atoms with Gasteiger partial charge in [0, 0.05) is 34.4 Å². The molecule has 1 aromatic rings. The number of hydrogen-bond donors (Lipinski definition) is 2. The van der Waals surface area contributed by atoms with Crippen molar-refractivity contribution in [3.8, 4) is 0 Å². The summed E-state index contributed by atoms with van der Waals surface area (Å²) in [5.41, 5.74) is -0.391. The molecule has 0 aromatic carbocycles. The molecule has 0 radical (unpaired) electrons. The first-order chi connectivity index (χ1) is 7.86. The SMILES string of the molecule is CNC(=O)C(C)(C)CNC(C)c1cc(Br)cs1. The number of amides is 1. The van der Waals surface area contributed by atoms with E-state index in [4.69, 9.17) is 0 Å². The minimum Gasteiger partial charge on any atom is -0.359 e. The van der Waals surface area contributed by atoms with E-state index in [1.807, 2.05) is 13.8 Å². The van der Waals surface area contributed by atoms with E-state index in [1.54, 1.807) is 18.4 Å². The molecule has 2 N–H and O–H groups in total. The lowest BCUT2D eigenvalue weighted by Gasteiger charge is -2.25. The molecule has 5 heteroatoms. The highest BCUT2D eigenvalue weighted by atomic mass is 79.9. The second-order valence-electron chi connectivity index (χ2n) is 4.73. The third-order valence-corrected chi connectivity index (χ3v) is 4.58. The second kappa shape index (κ2) is 5.98. The average molecular weight is 319 g/mol. The van der Waals surface area contributed by atoms with Crippen LogP contribution in [0.1, 0.15) is 31.7 Å². The molecule has 96 valence electrons. The van der Waals surface area contributed by atoms with Gasteiger partial charge in [-0.1, -0.05) is 0 Å². The van der Waals surface area contributed by atoms with Gasteiger partial charge in [-0.15, -0.1) is 11.3 Å². The van der Waals surface area contributed by atoms with Gasteiger partial charge in [-0.05, 0) is 42.8 Å². The highest BCUT2D eigenvalue weighted by Gasteiger charge is 2.26. The van der Waals surface area contributed by atoms with Gasteiger partial charge in [-0.2, -0.15) is 0 Å². The molecule has 1 atom stereocenters. The lowest BCUT2D eigenvalue weighted by atomic mass is 9.92. The minimum atomic E-state index is -0.391. The van der Waals surface area contributed by atoms with Crippen LogP contribution in [0.5, 0.6) is 0 Å². The van der Waals surface area contributed by atoms with Gasteiger partial charge < -0.3 is 10.6 Å². The molecule has 3 nitrogen and oxygen atoms in total. The fourth-order valence-corrected chi connectivity index (χ4v) is 2.96. The summed E-state index contributed by atoms with van der Waals surface area (Å²) in [6.45, 7) is 6.65. The van der Waals surface area contributed by atoms with Gasteiger partial charge in [-0.25, -0.2) is 0 Å². The number of thiophene rings is 1. The molecule has 0 aliphatic heterocycles. The van der Waals surface area contributed by atoms with Crippen LogP contribution < -0.4 is 10.6 Å². The smallest absolute Gasteiger partial charge is 0.226 e. The van der Waals surface area contributed by atoms with Gasteiger partial charge in [0.2, 0.25) is 5.91 Å². The number of carbonyl (C=O) groups is 1. The molecule has 1 amide bonds. The largest absolute Gasteiger partial charge is 0.359 e. The van der Waals surface area contributed by atoms with Gasteiger partial charge in [-0.3, -0.25) is 4.79 Å². The maximum Gasteiger partial charge on any atom is 0.226 e. The Kier molecular flexibility index (Phi) is 5.16. The first kappa shape index (κ1) is 14.7. The van der Waals surface area contributed by atoms with Crippen molar-refractivity contribution in [1.29, 1.82) is 0 Å². The molecule has 0 spiro atoms. The van der Waals surface area contributed by atoms with Crippen LogP contribution in [-0.2, 0) is 4.79 Å². The van der Waals surface area contributed by atoms with Crippen molar-refractivity contribution in [3.05, 3.63) is 20.8 Å². The molecule has 1 aromatic heterocycles. The summed E-state index contributed by atoms with van der Waals surface area (Å²) in [5.74, 6) is 0.0598. The van der Waals surface area contributed by atoms with E-state index in [2.05, 4.69) is 44.9 Å². The Balaban J connectivity index is 2.53. The van der Waals surface area contributed by atoms with Crippen molar-refractivity contribution >= 4 is 33.2 Å². The van der Waals surface area contributed by atoms with Gasteiger partial charge in [0.05, 0.1) is 5.41 Å². The lowest BCUT2D eigenvalue weighted by molar-refractivity contribution is -0.128. The zero-order valence-electron chi connectivity index (χ0n) is 10.6. The van der Waals surface area contributed by atoms with E-state index in [-0.39, 0.29) is 11.9 Å². The first-order valence-electron chi connectivity index (χ1n) is 5.56. The minimum absolute atomic E-state index is 0.0598. The Morgan fingerprint density at radius 3 is 2.71 bits per heavy atom. The van der Waals surface area contributed by atoms with Crippen LogP contribution in [0.4, 0.5) is 0 Å². The molecule has 0 aliphatic carbocycles. The zero-order valence-corrected chi connectivity index (χ0v) is 13.0. The monoisotopic (exact) mass is 318 g/mol. The Morgan fingerprint density at radius 2 is 2.24 bits per heavy atom. The molecule has 1 heterocycles. The fourth-order valence-electron chi connectivity index (χ4n) is 1.48. The van der Waals surface area contributed by atoms with E-state index in [0.717, 1.165) is 4.47 Å². The van der Waals surface area contributed by atoms with Crippen LogP contribution in [0.2, 0.25) is 0 Å². The molecule has 0 fully saturated rings. The zero-order chi connectivity index (χ0) is 13.1. The van der Waals surface area contributed by atoms with Crippen molar-refractivity contribution in [3.63, 3.8) is 0 Å². The van der Waals surface area contributed by atoms with E-state index in [0.29, 0.717) is 6.54 Å². The summed E-state index contributed by atoms with van der Waals surface area (Å²) in [7, 11) is 1.67. The van der Waals surface area contributed by atoms with Gasteiger partial charge in [0.15, 0.2) is 0 Å². The van der Waals surface area contributed by atoms with Crippen LogP contribution in [0.15, 0.2) is 15.9 Å². The predicted molar refractivity (Wildman–Crippen MR) is 76.3 cm³/mol. The molecule has 1 unspecified atom stereocenters. The predicted octanol–water partition coefficient (Wildman–Crippen LogP) is 2.93. The quantitative estimate of drug-likeness (QED) is 0.876. The van der Waals surface area contributed by atoms with Gasteiger partial charge in [0.1, 0.15) is 0 Å². The second-order valence-corrected chi connectivity index (χ2v) is 6.59. The normalized spacial score (nSPS) is 13.5. The number of nitrogens with one attached hydrogen (secondary N) is 2. The topological polar surface area (TPSA) is 41.1 Å². The Bertz CT molecular complexity index is 390. The highest BCUT2D eigenvalue weighted by Crippen LogP contribution is 2.26. The summed E-state index contributed by atoms with van der Waals surface area (Å²) in [5, 5.41) is 8.15. The third kappa shape index (κ3) is 4.08. The van der Waals surface area contributed by atoms with Crippen molar-refractivity contribution in [2.75, 3.05) is 13.6 Å². The molecular weight excluding hydrogens is 300 g/mol. The van der Waals surface area contributed by atoms with Crippen LogP contribution in [0.3, 0.4) is 0 Å². The molecule has 0 aliphatic rings. The molecular formula is C12H19BrN2OS. The van der Waals surface area contributed by atoms with Crippen molar-refractivity contribution in [1.82, 2.24) is 10.6 Å². The number of hydrogen-bond acceptors (Lipinski definition) is 3. The van der Waals surface area contributed by atoms with Crippen LogP contribution in [0, 0.1) is 5.41 Å². The number of carbonyl (C=O) groups excluding carboxylic acids is 1. The van der Waals surface area contributed by atoms with E-state index < -0.39 is 5.41 Å². The van der Waals surface area contributed by atoms with Crippen molar-refractivity contribution in [2.24, 2.45) is 5.41 Å². The summed E-state index contributed by atoms with van der Waals surface area (Å²) in [6, 6.07) is 2.37. The maximum atomic E-state index is 11.6. The summed E-state index contributed by atoms with van der Waals surface area (Å²) in [4.78, 5) is 12.9. The third-order valence-electron chi connectivity index (χ3n) is 2.71. The average Bonchev–Trinajstić information content (AvgIpc) is 2.71. The van der Waals surface area contributed by atoms with E-state index >= 15 is 0 Å².